The third-order valence-electron chi connectivity index (χ3n) is 4.29. The lowest BCUT2D eigenvalue weighted by Crippen LogP contribution is -2.41. The highest BCUT2D eigenvalue weighted by Gasteiger charge is 2.21. The van der Waals surface area contributed by atoms with Crippen LogP contribution in [0, 0.1) is 26.6 Å². The second-order valence-corrected chi connectivity index (χ2v) is 8.56. The van der Waals surface area contributed by atoms with Gasteiger partial charge in [-0.15, -0.1) is 0 Å². The van der Waals surface area contributed by atoms with Gasteiger partial charge in [-0.1, -0.05) is 29.8 Å². The zero-order valence-corrected chi connectivity index (χ0v) is 17.6. The number of rotatable bonds is 7. The summed E-state index contributed by atoms with van der Waals surface area (Å²) in [5.74, 6) is -1.95. The number of nitrogens with zero attached hydrogens (tertiary/aromatic N) is 1. The van der Waals surface area contributed by atoms with Crippen LogP contribution in [0.25, 0.3) is 0 Å². The molecule has 0 unspecified atom stereocenters. The summed E-state index contributed by atoms with van der Waals surface area (Å²) < 4.78 is 40.0. The lowest BCUT2D eigenvalue weighted by Gasteiger charge is -2.19. The lowest BCUT2D eigenvalue weighted by molar-refractivity contribution is -0.132. The molecule has 0 aromatic heterocycles. The number of hydrogen-bond donors (Lipinski definition) is 2. The molecule has 0 heterocycles. The molecule has 156 valence electrons. The van der Waals surface area contributed by atoms with Gasteiger partial charge in [0.2, 0.25) is 21.8 Å². The van der Waals surface area contributed by atoms with Gasteiger partial charge in [-0.2, -0.15) is 0 Å². The molecule has 2 aromatic rings. The predicted octanol–water partition coefficient (Wildman–Crippen LogP) is 2.13. The summed E-state index contributed by atoms with van der Waals surface area (Å²) in [6, 6.07) is 8.74. The molecule has 0 radical (unpaired) electrons. The first-order valence-corrected chi connectivity index (χ1v) is 10.4. The number of aryl methyl sites for hydroxylation is 3. The third-order valence-corrected chi connectivity index (χ3v) is 5.72. The predicted molar refractivity (Wildman–Crippen MR) is 109 cm³/mol. The third kappa shape index (κ3) is 5.85. The molecule has 0 atom stereocenters. The van der Waals surface area contributed by atoms with Crippen LogP contribution in [-0.4, -0.2) is 45.3 Å². The van der Waals surface area contributed by atoms with Gasteiger partial charge in [0, 0.05) is 12.7 Å². The number of sulfonamides is 1. The smallest absolute Gasteiger partial charge is 0.243 e. The van der Waals surface area contributed by atoms with E-state index in [0.29, 0.717) is 5.69 Å². The van der Waals surface area contributed by atoms with E-state index in [9.17, 15) is 22.4 Å². The first-order chi connectivity index (χ1) is 13.5. The first kappa shape index (κ1) is 22.5. The van der Waals surface area contributed by atoms with Gasteiger partial charge < -0.3 is 10.2 Å². The molecule has 9 heteroatoms. The van der Waals surface area contributed by atoms with Crippen molar-refractivity contribution in [2.75, 3.05) is 25.5 Å². The SMILES string of the molecule is Cc1cc(C)c(NC(=O)CN(C)C(=O)CNS(=O)(=O)c2ccccc2F)c(C)c1. The zero-order valence-electron chi connectivity index (χ0n) is 16.7. The Kier molecular flexibility index (Phi) is 7.10. The molecule has 0 saturated heterocycles. The van der Waals surface area contributed by atoms with Crippen molar-refractivity contribution in [3.8, 4) is 0 Å². The summed E-state index contributed by atoms with van der Waals surface area (Å²) in [4.78, 5) is 25.0. The summed E-state index contributed by atoms with van der Waals surface area (Å²) in [7, 11) is -2.80. The largest absolute Gasteiger partial charge is 0.335 e. The number of likely N-dealkylation sites (N-methyl/N-ethyl adjacent to an activating group) is 1. The van der Waals surface area contributed by atoms with Gasteiger partial charge in [0.15, 0.2) is 0 Å². The molecule has 0 fully saturated rings. The number of nitrogens with one attached hydrogen (secondary N) is 2. The second kappa shape index (κ2) is 9.15. The number of halogens is 1. The fourth-order valence-electron chi connectivity index (χ4n) is 2.89. The molecule has 0 bridgehead atoms. The van der Waals surface area contributed by atoms with E-state index in [4.69, 9.17) is 0 Å². The van der Waals surface area contributed by atoms with Gasteiger partial charge in [-0.25, -0.2) is 17.5 Å². The summed E-state index contributed by atoms with van der Waals surface area (Å²) in [5.41, 5.74) is 3.57. The Morgan fingerprint density at radius 3 is 2.24 bits per heavy atom. The minimum absolute atomic E-state index is 0.257. The van der Waals surface area contributed by atoms with E-state index in [1.54, 1.807) is 0 Å². The van der Waals surface area contributed by atoms with Crippen LogP contribution < -0.4 is 10.0 Å². The highest BCUT2D eigenvalue weighted by atomic mass is 32.2. The molecule has 2 amide bonds. The van der Waals surface area contributed by atoms with Crippen LogP contribution in [0.3, 0.4) is 0 Å². The van der Waals surface area contributed by atoms with Crippen molar-refractivity contribution < 1.29 is 22.4 Å². The summed E-state index contributed by atoms with van der Waals surface area (Å²) in [5, 5.41) is 2.78. The zero-order chi connectivity index (χ0) is 21.8. The maximum atomic E-state index is 13.7. The summed E-state index contributed by atoms with van der Waals surface area (Å²) in [6.07, 6.45) is 0. The van der Waals surface area contributed by atoms with Crippen LogP contribution in [0.1, 0.15) is 16.7 Å². The van der Waals surface area contributed by atoms with Crippen molar-refractivity contribution in [2.45, 2.75) is 25.7 Å². The van der Waals surface area contributed by atoms with E-state index in [-0.39, 0.29) is 6.54 Å². The van der Waals surface area contributed by atoms with Crippen molar-refractivity contribution in [3.05, 3.63) is 58.9 Å². The van der Waals surface area contributed by atoms with Crippen molar-refractivity contribution in [1.29, 1.82) is 0 Å². The number of carbonyl (C=O) groups excluding carboxylic acids is 2. The maximum Gasteiger partial charge on any atom is 0.243 e. The molecule has 0 aliphatic carbocycles. The number of amides is 2. The van der Waals surface area contributed by atoms with Crippen molar-refractivity contribution in [1.82, 2.24) is 9.62 Å². The van der Waals surface area contributed by atoms with Crippen molar-refractivity contribution in [2.24, 2.45) is 0 Å². The topological polar surface area (TPSA) is 95.6 Å². The van der Waals surface area contributed by atoms with E-state index >= 15 is 0 Å². The van der Waals surface area contributed by atoms with Gasteiger partial charge in [-0.05, 0) is 44.0 Å². The van der Waals surface area contributed by atoms with E-state index in [2.05, 4.69) is 10.0 Å². The van der Waals surface area contributed by atoms with E-state index in [0.717, 1.165) is 33.7 Å². The van der Waals surface area contributed by atoms with Crippen molar-refractivity contribution in [3.63, 3.8) is 0 Å². The normalized spacial score (nSPS) is 11.2. The molecular weight excluding hydrogens is 397 g/mol. The number of carbonyl (C=O) groups is 2. The Hall–Kier alpha value is -2.78. The van der Waals surface area contributed by atoms with Crippen LogP contribution in [-0.2, 0) is 19.6 Å². The Balaban J connectivity index is 1.95. The minimum Gasteiger partial charge on any atom is -0.335 e. The van der Waals surface area contributed by atoms with Crippen LogP contribution >= 0.6 is 0 Å². The lowest BCUT2D eigenvalue weighted by atomic mass is 10.1. The highest BCUT2D eigenvalue weighted by Crippen LogP contribution is 2.21. The molecule has 29 heavy (non-hydrogen) atoms. The monoisotopic (exact) mass is 421 g/mol. The standard InChI is InChI=1S/C20H24FN3O4S/c1-13-9-14(2)20(15(3)10-13)23-18(25)12-24(4)19(26)11-22-29(27,28)17-8-6-5-7-16(17)21/h5-10,22H,11-12H2,1-4H3,(H,23,25). The molecule has 7 nitrogen and oxygen atoms in total. The number of hydrogen-bond acceptors (Lipinski definition) is 4. The van der Waals surface area contributed by atoms with Crippen molar-refractivity contribution >= 4 is 27.5 Å². The average molecular weight is 421 g/mol. The molecule has 0 spiro atoms. The van der Waals surface area contributed by atoms with E-state index in [1.807, 2.05) is 32.9 Å². The molecule has 0 aliphatic rings. The van der Waals surface area contributed by atoms with Gasteiger partial charge in [0.1, 0.15) is 10.7 Å². The van der Waals surface area contributed by atoms with Gasteiger partial charge in [0.05, 0.1) is 13.1 Å². The Bertz CT molecular complexity index is 1010. The van der Waals surface area contributed by atoms with Crippen LogP contribution in [0.4, 0.5) is 10.1 Å². The maximum absolute atomic E-state index is 13.7. The quantitative estimate of drug-likeness (QED) is 0.716. The molecule has 2 N–H and O–H groups in total. The molecular formula is C20H24FN3O4S. The molecule has 0 aliphatic heterocycles. The first-order valence-electron chi connectivity index (χ1n) is 8.87. The van der Waals surface area contributed by atoms with Crippen LogP contribution in [0.5, 0.6) is 0 Å². The Morgan fingerprint density at radius 2 is 1.66 bits per heavy atom. The summed E-state index contributed by atoms with van der Waals surface area (Å²) in [6.45, 7) is 4.86. The van der Waals surface area contributed by atoms with Crippen LogP contribution in [0.2, 0.25) is 0 Å². The van der Waals surface area contributed by atoms with E-state index < -0.39 is 39.1 Å². The minimum atomic E-state index is -4.18. The van der Waals surface area contributed by atoms with Gasteiger partial charge in [0.25, 0.3) is 0 Å². The van der Waals surface area contributed by atoms with E-state index in [1.165, 1.54) is 19.2 Å². The molecule has 2 rings (SSSR count). The molecule has 0 saturated carbocycles. The van der Waals surface area contributed by atoms with Crippen LogP contribution in [0.15, 0.2) is 41.3 Å². The Labute approximate surface area is 170 Å². The van der Waals surface area contributed by atoms with Gasteiger partial charge >= 0.3 is 0 Å². The number of benzene rings is 2. The molecule has 2 aromatic carbocycles. The summed E-state index contributed by atoms with van der Waals surface area (Å²) >= 11 is 0. The fourth-order valence-corrected chi connectivity index (χ4v) is 3.94. The fraction of sp³-hybridized carbons (Fsp3) is 0.300. The average Bonchev–Trinajstić information content (AvgIpc) is 2.63. The van der Waals surface area contributed by atoms with Gasteiger partial charge in [-0.3, -0.25) is 9.59 Å². The number of anilines is 1. The highest BCUT2D eigenvalue weighted by molar-refractivity contribution is 7.89. The second-order valence-electron chi connectivity index (χ2n) is 6.83. The Morgan fingerprint density at radius 1 is 1.07 bits per heavy atom.